The molecule has 1 aliphatic rings. The van der Waals surface area contributed by atoms with Crippen molar-refractivity contribution in [1.82, 2.24) is 0 Å². The molecule has 0 spiro atoms. The molecule has 0 radical (unpaired) electrons. The summed E-state index contributed by atoms with van der Waals surface area (Å²) in [6, 6.07) is 3.49. The van der Waals surface area contributed by atoms with E-state index in [1.165, 1.54) is 6.07 Å². The molecular formula is C16H23FO. The van der Waals surface area contributed by atoms with Crippen molar-refractivity contribution in [2.45, 2.75) is 59.0 Å². The molecule has 100 valence electrons. The summed E-state index contributed by atoms with van der Waals surface area (Å²) in [4.78, 5) is 0. The van der Waals surface area contributed by atoms with E-state index in [2.05, 4.69) is 0 Å². The fourth-order valence-electron chi connectivity index (χ4n) is 3.40. The Labute approximate surface area is 109 Å². The molecule has 1 N–H and O–H groups in total. The maximum absolute atomic E-state index is 14.3. The molecule has 1 atom stereocenters. The summed E-state index contributed by atoms with van der Waals surface area (Å²) < 4.78 is 14.3. The van der Waals surface area contributed by atoms with Crippen LogP contribution in [0.2, 0.25) is 0 Å². The van der Waals surface area contributed by atoms with Crippen molar-refractivity contribution >= 4 is 0 Å². The second-order valence-electron chi connectivity index (χ2n) is 6.39. The number of hydrogen-bond acceptors (Lipinski definition) is 1. The molecule has 1 aromatic carbocycles. The molecule has 1 unspecified atom stereocenters. The van der Waals surface area contributed by atoms with Gasteiger partial charge in [-0.05, 0) is 49.3 Å². The van der Waals surface area contributed by atoms with Crippen LogP contribution in [-0.2, 0) is 5.60 Å². The molecule has 1 aromatic rings. The Hall–Kier alpha value is -0.890. The molecule has 0 aliphatic heterocycles. The molecular weight excluding hydrogens is 227 g/mol. The number of aliphatic hydroxyl groups is 1. The molecule has 18 heavy (non-hydrogen) atoms. The minimum absolute atomic E-state index is 0.259. The second kappa shape index (κ2) is 4.34. The topological polar surface area (TPSA) is 20.2 Å². The highest BCUT2D eigenvalue weighted by Gasteiger charge is 2.48. The third-order valence-electron chi connectivity index (χ3n) is 4.56. The lowest BCUT2D eigenvalue weighted by molar-refractivity contribution is -0.106. The van der Waals surface area contributed by atoms with Crippen LogP contribution in [-0.4, -0.2) is 5.11 Å². The van der Waals surface area contributed by atoms with Gasteiger partial charge in [-0.2, -0.15) is 0 Å². The van der Waals surface area contributed by atoms with Gasteiger partial charge in [-0.25, -0.2) is 4.39 Å². The maximum Gasteiger partial charge on any atom is 0.129 e. The molecule has 2 heteroatoms. The van der Waals surface area contributed by atoms with Gasteiger partial charge >= 0.3 is 0 Å². The van der Waals surface area contributed by atoms with Crippen LogP contribution in [0.4, 0.5) is 4.39 Å². The summed E-state index contributed by atoms with van der Waals surface area (Å²) in [5.74, 6) is -0.259. The van der Waals surface area contributed by atoms with Gasteiger partial charge in [0.05, 0.1) is 5.60 Å². The second-order valence-corrected chi connectivity index (χ2v) is 6.39. The first-order chi connectivity index (χ1) is 8.28. The van der Waals surface area contributed by atoms with E-state index in [0.29, 0.717) is 12.0 Å². The Kier molecular flexibility index (Phi) is 3.26. The lowest BCUT2D eigenvalue weighted by Gasteiger charge is -2.47. The van der Waals surface area contributed by atoms with Crippen LogP contribution in [0.1, 0.15) is 56.2 Å². The van der Waals surface area contributed by atoms with Gasteiger partial charge < -0.3 is 5.11 Å². The lowest BCUT2D eigenvalue weighted by Crippen LogP contribution is -2.45. The van der Waals surface area contributed by atoms with E-state index in [9.17, 15) is 9.50 Å². The number of benzene rings is 1. The van der Waals surface area contributed by atoms with Crippen LogP contribution in [0, 0.1) is 25.1 Å². The van der Waals surface area contributed by atoms with Gasteiger partial charge in [-0.15, -0.1) is 0 Å². The molecule has 1 aliphatic carbocycles. The fraction of sp³-hybridized carbons (Fsp3) is 0.625. The predicted molar refractivity (Wildman–Crippen MR) is 72.0 cm³/mol. The first kappa shape index (κ1) is 13.5. The average Bonchev–Trinajstić information content (AvgIpc) is 2.21. The van der Waals surface area contributed by atoms with Crippen LogP contribution < -0.4 is 0 Å². The SMILES string of the molecule is Cc1cc(C)c(C2(O)CCCCC2(C)C)c(F)c1. The number of hydrogen-bond donors (Lipinski definition) is 1. The normalized spacial score (nSPS) is 27.2. The first-order valence-corrected chi connectivity index (χ1v) is 6.77. The number of halogens is 1. The highest BCUT2D eigenvalue weighted by molar-refractivity contribution is 5.38. The van der Waals surface area contributed by atoms with Crippen LogP contribution in [0.3, 0.4) is 0 Å². The van der Waals surface area contributed by atoms with E-state index in [0.717, 1.165) is 30.4 Å². The van der Waals surface area contributed by atoms with E-state index >= 15 is 0 Å². The molecule has 2 rings (SSSR count). The Bertz CT molecular complexity index is 441. The van der Waals surface area contributed by atoms with E-state index < -0.39 is 5.60 Å². The monoisotopic (exact) mass is 250 g/mol. The first-order valence-electron chi connectivity index (χ1n) is 6.77. The Morgan fingerprint density at radius 1 is 1.11 bits per heavy atom. The lowest BCUT2D eigenvalue weighted by atomic mass is 9.62. The van der Waals surface area contributed by atoms with Crippen molar-refractivity contribution in [1.29, 1.82) is 0 Å². The largest absolute Gasteiger partial charge is 0.384 e. The van der Waals surface area contributed by atoms with Crippen molar-refractivity contribution in [3.63, 3.8) is 0 Å². The van der Waals surface area contributed by atoms with Crippen molar-refractivity contribution in [3.8, 4) is 0 Å². The number of aryl methyl sites for hydroxylation is 2. The van der Waals surface area contributed by atoms with Crippen LogP contribution in [0.25, 0.3) is 0 Å². The summed E-state index contributed by atoms with van der Waals surface area (Å²) in [7, 11) is 0. The Morgan fingerprint density at radius 2 is 1.72 bits per heavy atom. The third-order valence-corrected chi connectivity index (χ3v) is 4.56. The molecule has 1 fully saturated rings. The van der Waals surface area contributed by atoms with Gasteiger partial charge in [0, 0.05) is 5.56 Å². The standard InChI is InChI=1S/C16H23FO/c1-11-9-12(2)14(13(17)10-11)16(18)8-6-5-7-15(16,3)4/h9-10,18H,5-8H2,1-4H3. The van der Waals surface area contributed by atoms with Gasteiger partial charge in [-0.3, -0.25) is 0 Å². The maximum atomic E-state index is 14.3. The molecule has 0 amide bonds. The molecule has 0 heterocycles. The summed E-state index contributed by atoms with van der Waals surface area (Å²) >= 11 is 0. The van der Waals surface area contributed by atoms with E-state index in [1.807, 2.05) is 33.8 Å². The van der Waals surface area contributed by atoms with E-state index in [-0.39, 0.29) is 11.2 Å². The molecule has 1 saturated carbocycles. The van der Waals surface area contributed by atoms with Gasteiger partial charge in [0.25, 0.3) is 0 Å². The van der Waals surface area contributed by atoms with Crippen molar-refractivity contribution < 1.29 is 9.50 Å². The van der Waals surface area contributed by atoms with Gasteiger partial charge in [0.2, 0.25) is 0 Å². The zero-order chi connectivity index (χ0) is 13.6. The minimum Gasteiger partial charge on any atom is -0.384 e. The summed E-state index contributed by atoms with van der Waals surface area (Å²) in [5, 5.41) is 11.1. The zero-order valence-corrected chi connectivity index (χ0v) is 11.8. The van der Waals surface area contributed by atoms with Crippen molar-refractivity contribution in [2.24, 2.45) is 5.41 Å². The summed E-state index contributed by atoms with van der Waals surface area (Å²) in [6.07, 6.45) is 3.67. The third kappa shape index (κ3) is 1.97. The van der Waals surface area contributed by atoms with Gasteiger partial charge in [-0.1, -0.05) is 32.8 Å². The van der Waals surface area contributed by atoms with Crippen molar-refractivity contribution in [3.05, 3.63) is 34.6 Å². The molecule has 1 nitrogen and oxygen atoms in total. The van der Waals surface area contributed by atoms with Gasteiger partial charge in [0.1, 0.15) is 5.82 Å². The predicted octanol–water partition coefficient (Wildman–Crippen LogP) is 4.23. The zero-order valence-electron chi connectivity index (χ0n) is 11.8. The Balaban J connectivity index is 2.59. The van der Waals surface area contributed by atoms with E-state index in [4.69, 9.17) is 0 Å². The van der Waals surface area contributed by atoms with E-state index in [1.54, 1.807) is 0 Å². The summed E-state index contributed by atoms with van der Waals surface area (Å²) in [6.45, 7) is 7.87. The molecule has 0 saturated heterocycles. The highest BCUT2D eigenvalue weighted by Crippen LogP contribution is 2.51. The fourth-order valence-corrected chi connectivity index (χ4v) is 3.40. The van der Waals surface area contributed by atoms with Crippen LogP contribution in [0.15, 0.2) is 12.1 Å². The summed E-state index contributed by atoms with van der Waals surface area (Å²) in [5.41, 5.74) is 0.980. The highest BCUT2D eigenvalue weighted by atomic mass is 19.1. The van der Waals surface area contributed by atoms with Gasteiger partial charge in [0.15, 0.2) is 0 Å². The van der Waals surface area contributed by atoms with Crippen molar-refractivity contribution in [2.75, 3.05) is 0 Å². The van der Waals surface area contributed by atoms with Crippen LogP contribution in [0.5, 0.6) is 0 Å². The smallest absolute Gasteiger partial charge is 0.129 e. The van der Waals surface area contributed by atoms with Crippen LogP contribution >= 0.6 is 0 Å². The molecule has 0 aromatic heterocycles. The Morgan fingerprint density at radius 3 is 2.28 bits per heavy atom. The number of rotatable bonds is 1. The molecule has 0 bridgehead atoms. The minimum atomic E-state index is -1.03. The quantitative estimate of drug-likeness (QED) is 0.790. The average molecular weight is 250 g/mol.